The number of methoxy groups -OCH3 is 3. The van der Waals surface area contributed by atoms with E-state index in [9.17, 15) is 9.90 Å². The molecule has 2 N–H and O–H groups in total. The van der Waals surface area contributed by atoms with Crippen LogP contribution in [0.15, 0.2) is 42.5 Å². The molecule has 7 heteroatoms. The fraction of sp³-hybridized carbons (Fsp3) is 0.320. The minimum atomic E-state index is -0.921. The average molecular weight is 439 g/mol. The van der Waals surface area contributed by atoms with Gasteiger partial charge >= 0.3 is 5.97 Å². The van der Waals surface area contributed by atoms with Gasteiger partial charge in [-0.15, -0.1) is 0 Å². The first kappa shape index (κ1) is 23.2. The van der Waals surface area contributed by atoms with Gasteiger partial charge in [-0.05, 0) is 37.6 Å². The predicted molar refractivity (Wildman–Crippen MR) is 123 cm³/mol. The van der Waals surface area contributed by atoms with Crippen LogP contribution in [0.3, 0.4) is 0 Å². The second-order valence-corrected chi connectivity index (χ2v) is 7.52. The van der Waals surface area contributed by atoms with Gasteiger partial charge in [0.25, 0.3) is 0 Å². The molecule has 0 fully saturated rings. The van der Waals surface area contributed by atoms with E-state index in [1.165, 1.54) is 0 Å². The highest BCUT2D eigenvalue weighted by Crippen LogP contribution is 2.31. The van der Waals surface area contributed by atoms with E-state index in [0.717, 1.165) is 33.8 Å². The molecule has 0 aliphatic rings. The first-order valence-corrected chi connectivity index (χ1v) is 10.4. The maximum Gasteiger partial charge on any atom is 0.337 e. The lowest BCUT2D eigenvalue weighted by Crippen LogP contribution is -2.16. The third-order valence-corrected chi connectivity index (χ3v) is 5.73. The molecule has 0 bridgehead atoms. The number of para-hydroxylation sites is 1. The number of ether oxygens (including phenoxy) is 3. The monoisotopic (exact) mass is 438 g/mol. The van der Waals surface area contributed by atoms with Gasteiger partial charge in [0.2, 0.25) is 0 Å². The molecule has 32 heavy (non-hydrogen) atoms. The number of carbonyl (C=O) groups is 1. The summed E-state index contributed by atoms with van der Waals surface area (Å²) in [5, 5.41) is 13.3. The predicted octanol–water partition coefficient (Wildman–Crippen LogP) is 4.17. The number of aromatic nitrogens is 1. The Labute approximate surface area is 188 Å². The van der Waals surface area contributed by atoms with Gasteiger partial charge in [0.1, 0.15) is 5.75 Å². The summed E-state index contributed by atoms with van der Waals surface area (Å²) in [6.45, 7) is 5.35. The van der Waals surface area contributed by atoms with Crippen molar-refractivity contribution in [3.8, 4) is 17.2 Å². The van der Waals surface area contributed by atoms with E-state index < -0.39 is 5.97 Å². The summed E-state index contributed by atoms with van der Waals surface area (Å²) in [6.07, 6.45) is 0. The lowest BCUT2D eigenvalue weighted by Gasteiger charge is -2.13. The van der Waals surface area contributed by atoms with Gasteiger partial charge in [-0.2, -0.15) is 0 Å². The Balaban J connectivity index is 1.83. The van der Waals surface area contributed by atoms with Crippen molar-refractivity contribution in [1.82, 2.24) is 9.88 Å². The number of carboxylic acid groups (broad SMARTS) is 1. The lowest BCUT2D eigenvalue weighted by molar-refractivity contribution is 0.0694. The number of aromatic carboxylic acids is 1. The highest BCUT2D eigenvalue weighted by atomic mass is 16.5. The molecular weight excluding hydrogens is 408 g/mol. The Morgan fingerprint density at radius 1 is 0.938 bits per heavy atom. The van der Waals surface area contributed by atoms with Crippen molar-refractivity contribution < 1.29 is 24.1 Å². The summed E-state index contributed by atoms with van der Waals surface area (Å²) in [7, 11) is 4.84. The summed E-state index contributed by atoms with van der Waals surface area (Å²) >= 11 is 0. The van der Waals surface area contributed by atoms with Gasteiger partial charge in [-0.3, -0.25) is 0 Å². The highest BCUT2D eigenvalue weighted by Gasteiger charge is 2.22. The largest absolute Gasteiger partial charge is 0.497 e. The zero-order valence-electron chi connectivity index (χ0n) is 19.2. The molecule has 7 nitrogen and oxygen atoms in total. The zero-order valence-corrected chi connectivity index (χ0v) is 19.2. The Kier molecular flexibility index (Phi) is 7.43. The average Bonchev–Trinajstić information content (AvgIpc) is 3.03. The molecule has 3 rings (SSSR count). The van der Waals surface area contributed by atoms with Crippen LogP contribution in [0.2, 0.25) is 0 Å². The summed E-state index contributed by atoms with van der Waals surface area (Å²) in [5.74, 6) is 1.20. The molecule has 0 aliphatic heterocycles. The number of benzene rings is 2. The summed E-state index contributed by atoms with van der Waals surface area (Å²) < 4.78 is 18.1. The highest BCUT2D eigenvalue weighted by molar-refractivity contribution is 5.91. The maximum atomic E-state index is 12.1. The molecule has 3 aromatic rings. The molecule has 170 valence electrons. The first-order chi connectivity index (χ1) is 15.4. The smallest absolute Gasteiger partial charge is 0.337 e. The number of rotatable bonds is 10. The first-order valence-electron chi connectivity index (χ1n) is 10.4. The van der Waals surface area contributed by atoms with Crippen LogP contribution < -0.4 is 19.5 Å². The Morgan fingerprint density at radius 2 is 1.66 bits per heavy atom. The van der Waals surface area contributed by atoms with E-state index in [1.807, 2.05) is 56.3 Å². The van der Waals surface area contributed by atoms with Crippen LogP contribution in [-0.2, 0) is 19.6 Å². The molecule has 0 radical (unpaired) electrons. The van der Waals surface area contributed by atoms with Crippen molar-refractivity contribution in [3.63, 3.8) is 0 Å². The van der Waals surface area contributed by atoms with Gasteiger partial charge < -0.3 is 29.2 Å². The molecular formula is C25H30N2O5. The van der Waals surface area contributed by atoms with E-state index in [1.54, 1.807) is 21.3 Å². The molecule has 0 atom stereocenters. The van der Waals surface area contributed by atoms with E-state index >= 15 is 0 Å². The van der Waals surface area contributed by atoms with Crippen LogP contribution in [0.25, 0.3) is 0 Å². The fourth-order valence-corrected chi connectivity index (χ4v) is 4.01. The topological polar surface area (TPSA) is 82.0 Å². The van der Waals surface area contributed by atoms with Crippen LogP contribution >= 0.6 is 0 Å². The SMILES string of the molecule is COc1ccc(Cn2c(C)c(CNCc3cccc(OC)c3OC)c(C(=O)O)c2C)cc1. The van der Waals surface area contributed by atoms with Gasteiger partial charge in [0.05, 0.1) is 26.9 Å². The van der Waals surface area contributed by atoms with Crippen molar-refractivity contribution in [3.05, 3.63) is 76.1 Å². The van der Waals surface area contributed by atoms with Crippen LogP contribution in [-0.4, -0.2) is 37.0 Å². The van der Waals surface area contributed by atoms with Gasteiger partial charge in [0.15, 0.2) is 11.5 Å². The molecule has 0 unspecified atom stereocenters. The zero-order chi connectivity index (χ0) is 23.3. The van der Waals surface area contributed by atoms with Crippen LogP contribution in [0, 0.1) is 13.8 Å². The van der Waals surface area contributed by atoms with Gasteiger partial charge in [0, 0.05) is 42.1 Å². The van der Waals surface area contributed by atoms with Crippen molar-refractivity contribution in [2.45, 2.75) is 33.5 Å². The Hall–Kier alpha value is -3.45. The van der Waals surface area contributed by atoms with Crippen LogP contribution in [0.4, 0.5) is 0 Å². The van der Waals surface area contributed by atoms with Crippen molar-refractivity contribution in [2.24, 2.45) is 0 Å². The standard InChI is InChI=1S/C25H30N2O5/c1-16-21(14-26-13-19-7-6-8-22(31-4)24(19)32-5)23(25(28)29)17(2)27(16)15-18-9-11-20(30-3)12-10-18/h6-12,26H,13-15H2,1-5H3,(H,28,29). The van der Waals surface area contributed by atoms with E-state index in [0.29, 0.717) is 36.7 Å². The molecule has 1 aromatic heterocycles. The lowest BCUT2D eigenvalue weighted by atomic mass is 10.1. The number of nitrogens with one attached hydrogen (secondary N) is 1. The number of hydrogen-bond acceptors (Lipinski definition) is 5. The second kappa shape index (κ2) is 10.2. The molecule has 1 heterocycles. The molecule has 0 aliphatic carbocycles. The van der Waals surface area contributed by atoms with Crippen molar-refractivity contribution in [2.75, 3.05) is 21.3 Å². The quantitative estimate of drug-likeness (QED) is 0.495. The Morgan fingerprint density at radius 3 is 2.25 bits per heavy atom. The minimum absolute atomic E-state index is 0.348. The number of carboxylic acids is 1. The third kappa shape index (κ3) is 4.73. The normalized spacial score (nSPS) is 10.8. The Bertz CT molecular complexity index is 1090. The van der Waals surface area contributed by atoms with Gasteiger partial charge in [-0.25, -0.2) is 4.79 Å². The molecule has 0 saturated heterocycles. The second-order valence-electron chi connectivity index (χ2n) is 7.52. The van der Waals surface area contributed by atoms with Gasteiger partial charge in [-0.1, -0.05) is 24.3 Å². The fourth-order valence-electron chi connectivity index (χ4n) is 4.01. The van der Waals surface area contributed by atoms with Crippen molar-refractivity contribution >= 4 is 5.97 Å². The molecule has 0 saturated carbocycles. The number of nitrogens with zero attached hydrogens (tertiary/aromatic N) is 1. The van der Waals surface area contributed by atoms with Crippen LogP contribution in [0.5, 0.6) is 17.2 Å². The summed E-state index contributed by atoms with van der Waals surface area (Å²) in [6, 6.07) is 13.5. The van der Waals surface area contributed by atoms with Crippen LogP contribution in [0.1, 0.15) is 38.4 Å². The van der Waals surface area contributed by atoms with Crippen molar-refractivity contribution in [1.29, 1.82) is 0 Å². The molecule has 2 aromatic carbocycles. The molecule has 0 spiro atoms. The summed E-state index contributed by atoms with van der Waals surface area (Å²) in [5.41, 5.74) is 4.81. The minimum Gasteiger partial charge on any atom is -0.497 e. The third-order valence-electron chi connectivity index (χ3n) is 5.73. The van der Waals surface area contributed by atoms with E-state index in [4.69, 9.17) is 14.2 Å². The van der Waals surface area contributed by atoms with E-state index in [-0.39, 0.29) is 0 Å². The van der Waals surface area contributed by atoms with E-state index in [2.05, 4.69) is 9.88 Å². The number of hydrogen-bond donors (Lipinski definition) is 2. The molecule has 0 amide bonds. The summed E-state index contributed by atoms with van der Waals surface area (Å²) in [4.78, 5) is 12.1. The maximum absolute atomic E-state index is 12.1.